The molecule has 0 radical (unpaired) electrons. The van der Waals surface area contributed by atoms with Crippen molar-refractivity contribution < 1.29 is 0 Å². The van der Waals surface area contributed by atoms with Crippen molar-refractivity contribution >= 4 is 11.5 Å². The number of piperazine rings is 1. The van der Waals surface area contributed by atoms with Crippen LogP contribution in [0.3, 0.4) is 0 Å². The Morgan fingerprint density at radius 2 is 1.84 bits per heavy atom. The van der Waals surface area contributed by atoms with Crippen LogP contribution in [0.4, 0.5) is 5.82 Å². The maximum Gasteiger partial charge on any atom is 0.176 e. The summed E-state index contributed by atoms with van der Waals surface area (Å²) in [5, 5.41) is 13.4. The number of aryl methyl sites for hydroxylation is 1. The summed E-state index contributed by atoms with van der Waals surface area (Å²) >= 11 is 0. The van der Waals surface area contributed by atoms with E-state index in [0.29, 0.717) is 5.56 Å². The van der Waals surface area contributed by atoms with Crippen LogP contribution in [0.25, 0.3) is 5.65 Å². The molecule has 0 atom stereocenters. The molecule has 0 unspecified atom stereocenters. The first-order valence-electron chi connectivity index (χ1n) is 8.37. The number of rotatable bonds is 3. The summed E-state index contributed by atoms with van der Waals surface area (Å²) in [7, 11) is 0. The second-order valence-electron chi connectivity index (χ2n) is 6.27. The van der Waals surface area contributed by atoms with Crippen molar-refractivity contribution in [2.75, 3.05) is 31.1 Å². The zero-order chi connectivity index (χ0) is 17.2. The van der Waals surface area contributed by atoms with Gasteiger partial charge < -0.3 is 4.90 Å². The van der Waals surface area contributed by atoms with E-state index in [0.717, 1.165) is 50.0 Å². The summed E-state index contributed by atoms with van der Waals surface area (Å²) < 4.78 is 1.87. The van der Waals surface area contributed by atoms with Crippen LogP contribution in [0.15, 0.2) is 36.7 Å². The van der Waals surface area contributed by atoms with Crippen molar-refractivity contribution in [3.63, 3.8) is 0 Å². The molecule has 7 nitrogen and oxygen atoms in total. The molecular weight excluding hydrogens is 314 g/mol. The van der Waals surface area contributed by atoms with Gasteiger partial charge in [-0.2, -0.15) is 9.78 Å². The van der Waals surface area contributed by atoms with Crippen molar-refractivity contribution in [3.05, 3.63) is 53.6 Å². The minimum Gasteiger partial charge on any atom is -0.353 e. The average molecular weight is 333 g/mol. The fourth-order valence-corrected chi connectivity index (χ4v) is 3.20. The number of aromatic nitrogens is 4. The summed E-state index contributed by atoms with van der Waals surface area (Å²) in [4.78, 5) is 13.4. The fourth-order valence-electron chi connectivity index (χ4n) is 3.20. The number of nitriles is 1. The van der Waals surface area contributed by atoms with Gasteiger partial charge in [0.1, 0.15) is 5.82 Å². The first-order valence-corrected chi connectivity index (χ1v) is 8.37. The van der Waals surface area contributed by atoms with Gasteiger partial charge in [0.15, 0.2) is 11.5 Å². The lowest BCUT2D eigenvalue weighted by atomic mass is 10.1. The summed E-state index contributed by atoms with van der Waals surface area (Å²) in [6, 6.07) is 9.99. The highest BCUT2D eigenvalue weighted by Crippen LogP contribution is 2.17. The molecule has 0 aliphatic carbocycles. The first-order chi connectivity index (χ1) is 12.2. The Balaban J connectivity index is 1.43. The number of hydrogen-bond acceptors (Lipinski definition) is 6. The zero-order valence-electron chi connectivity index (χ0n) is 14.1. The highest BCUT2D eigenvalue weighted by molar-refractivity contribution is 5.47. The minimum absolute atomic E-state index is 0.706. The lowest BCUT2D eigenvalue weighted by molar-refractivity contribution is 0.249. The number of fused-ring (bicyclic) bond motifs is 1. The van der Waals surface area contributed by atoms with Gasteiger partial charge in [0.2, 0.25) is 0 Å². The van der Waals surface area contributed by atoms with Crippen LogP contribution < -0.4 is 4.90 Å². The monoisotopic (exact) mass is 333 g/mol. The van der Waals surface area contributed by atoms with Crippen LogP contribution in [-0.2, 0) is 6.54 Å². The van der Waals surface area contributed by atoms with E-state index in [1.54, 1.807) is 6.20 Å². The standard InChI is InChI=1S/C18H19N7/c1-14-21-17-11-20-12-18(25(17)22-14)24-8-6-23(7-9-24)13-16-4-2-15(10-19)3-5-16/h2-5,11-12H,6-9,13H2,1H3. The third kappa shape index (κ3) is 3.16. The van der Waals surface area contributed by atoms with Gasteiger partial charge in [0.25, 0.3) is 0 Å². The van der Waals surface area contributed by atoms with Crippen LogP contribution in [0.2, 0.25) is 0 Å². The number of anilines is 1. The molecule has 0 saturated carbocycles. The average Bonchev–Trinajstić information content (AvgIpc) is 3.03. The Labute approximate surface area is 146 Å². The van der Waals surface area contributed by atoms with E-state index in [2.05, 4.69) is 30.9 Å². The lowest BCUT2D eigenvalue weighted by Crippen LogP contribution is -2.46. The molecule has 3 heterocycles. The van der Waals surface area contributed by atoms with Gasteiger partial charge in [-0.15, -0.1) is 5.10 Å². The molecule has 126 valence electrons. The van der Waals surface area contributed by atoms with Crippen molar-refractivity contribution in [2.45, 2.75) is 13.5 Å². The Kier molecular flexibility index (Phi) is 4.04. The number of nitrogens with zero attached hydrogens (tertiary/aromatic N) is 7. The molecular formula is C18H19N7. The maximum absolute atomic E-state index is 8.88. The topological polar surface area (TPSA) is 73.4 Å². The Morgan fingerprint density at radius 3 is 2.56 bits per heavy atom. The van der Waals surface area contributed by atoms with Crippen molar-refractivity contribution in [1.82, 2.24) is 24.5 Å². The predicted octanol–water partition coefficient (Wildman–Crippen LogP) is 1.63. The smallest absolute Gasteiger partial charge is 0.176 e. The van der Waals surface area contributed by atoms with Crippen LogP contribution in [-0.4, -0.2) is 50.7 Å². The normalized spacial score (nSPS) is 15.4. The molecule has 2 aromatic heterocycles. The van der Waals surface area contributed by atoms with Gasteiger partial charge in [-0.3, -0.25) is 9.88 Å². The van der Waals surface area contributed by atoms with Gasteiger partial charge in [-0.25, -0.2) is 4.98 Å². The van der Waals surface area contributed by atoms with Gasteiger partial charge in [0.05, 0.1) is 24.0 Å². The highest BCUT2D eigenvalue weighted by Gasteiger charge is 2.20. The van der Waals surface area contributed by atoms with E-state index in [-0.39, 0.29) is 0 Å². The Bertz CT molecular complexity index is 915. The minimum atomic E-state index is 0.706. The molecule has 7 heteroatoms. The lowest BCUT2D eigenvalue weighted by Gasteiger charge is -2.35. The van der Waals surface area contributed by atoms with Crippen LogP contribution in [0.5, 0.6) is 0 Å². The number of benzene rings is 1. The Hall–Kier alpha value is -2.98. The molecule has 0 bridgehead atoms. The second kappa shape index (κ2) is 6.49. The zero-order valence-corrected chi connectivity index (χ0v) is 14.1. The van der Waals surface area contributed by atoms with Crippen molar-refractivity contribution in [3.8, 4) is 6.07 Å². The van der Waals surface area contributed by atoms with Gasteiger partial charge >= 0.3 is 0 Å². The molecule has 1 saturated heterocycles. The molecule has 1 aliphatic rings. The van der Waals surface area contributed by atoms with E-state index in [4.69, 9.17) is 5.26 Å². The summed E-state index contributed by atoms with van der Waals surface area (Å²) in [6.45, 7) is 6.61. The molecule has 0 amide bonds. The van der Waals surface area contributed by atoms with Gasteiger partial charge in [0, 0.05) is 32.7 Å². The van der Waals surface area contributed by atoms with Gasteiger partial charge in [-0.1, -0.05) is 12.1 Å². The molecule has 0 spiro atoms. The fraction of sp³-hybridized carbons (Fsp3) is 0.333. The van der Waals surface area contributed by atoms with E-state index in [1.807, 2.05) is 41.9 Å². The highest BCUT2D eigenvalue weighted by atomic mass is 15.4. The van der Waals surface area contributed by atoms with Crippen molar-refractivity contribution in [1.29, 1.82) is 5.26 Å². The van der Waals surface area contributed by atoms with E-state index < -0.39 is 0 Å². The molecule has 1 fully saturated rings. The summed E-state index contributed by atoms with van der Waals surface area (Å²) in [5.74, 6) is 1.75. The molecule has 1 aliphatic heterocycles. The van der Waals surface area contributed by atoms with Gasteiger partial charge in [-0.05, 0) is 24.6 Å². The van der Waals surface area contributed by atoms with E-state index in [1.165, 1.54) is 5.56 Å². The van der Waals surface area contributed by atoms with Crippen LogP contribution >= 0.6 is 0 Å². The van der Waals surface area contributed by atoms with Crippen molar-refractivity contribution in [2.24, 2.45) is 0 Å². The van der Waals surface area contributed by atoms with E-state index >= 15 is 0 Å². The van der Waals surface area contributed by atoms with E-state index in [9.17, 15) is 0 Å². The molecule has 25 heavy (non-hydrogen) atoms. The first kappa shape index (κ1) is 15.5. The predicted molar refractivity (Wildman–Crippen MR) is 94.2 cm³/mol. The number of hydrogen-bond donors (Lipinski definition) is 0. The summed E-state index contributed by atoms with van der Waals surface area (Å²) in [5.41, 5.74) is 2.73. The maximum atomic E-state index is 8.88. The van der Waals surface area contributed by atoms with Crippen LogP contribution in [0.1, 0.15) is 17.0 Å². The largest absolute Gasteiger partial charge is 0.353 e. The second-order valence-corrected chi connectivity index (χ2v) is 6.27. The quantitative estimate of drug-likeness (QED) is 0.725. The SMILES string of the molecule is Cc1nc2cncc(N3CCN(Cc4ccc(C#N)cc4)CC3)n2n1. The molecule has 0 N–H and O–H groups in total. The summed E-state index contributed by atoms with van der Waals surface area (Å²) in [6.07, 6.45) is 3.60. The molecule has 1 aromatic carbocycles. The van der Waals surface area contributed by atoms with Crippen LogP contribution in [0, 0.1) is 18.3 Å². The third-order valence-corrected chi connectivity index (χ3v) is 4.52. The Morgan fingerprint density at radius 1 is 1.08 bits per heavy atom. The molecule has 4 rings (SSSR count). The third-order valence-electron chi connectivity index (χ3n) is 4.52. The molecule has 3 aromatic rings.